The number of aryl methyl sites for hydroxylation is 1. The van der Waals surface area contributed by atoms with Gasteiger partial charge in [-0.05, 0) is 89.5 Å². The summed E-state index contributed by atoms with van der Waals surface area (Å²) in [4.78, 5) is 21.2. The smallest absolute Gasteiger partial charge is 0.156 e. The molecule has 6 rings (SSSR count). The summed E-state index contributed by atoms with van der Waals surface area (Å²) in [6.07, 6.45) is 6.09. The molecule has 1 unspecified atom stereocenters. The van der Waals surface area contributed by atoms with Crippen molar-refractivity contribution >= 4 is 28.6 Å². The van der Waals surface area contributed by atoms with Gasteiger partial charge in [0.2, 0.25) is 0 Å². The van der Waals surface area contributed by atoms with Crippen LogP contribution in [0.1, 0.15) is 35.0 Å². The van der Waals surface area contributed by atoms with Crippen LogP contribution in [0.25, 0.3) is 39.4 Å². The van der Waals surface area contributed by atoms with E-state index >= 15 is 0 Å². The van der Waals surface area contributed by atoms with Crippen molar-refractivity contribution < 1.29 is 23.1 Å². The fourth-order valence-electron chi connectivity index (χ4n) is 4.93. The number of halogens is 2. The van der Waals surface area contributed by atoms with E-state index in [4.69, 9.17) is 10.2 Å². The number of carbonyl (C=O) groups is 1. The number of nitrogen functional groups attached to an aromatic ring is 1. The van der Waals surface area contributed by atoms with Crippen LogP contribution < -0.4 is 5.73 Å². The van der Waals surface area contributed by atoms with Gasteiger partial charge < -0.3 is 15.3 Å². The van der Waals surface area contributed by atoms with E-state index in [1.54, 1.807) is 54.9 Å². The molecule has 0 amide bonds. The van der Waals surface area contributed by atoms with E-state index in [1.807, 2.05) is 18.2 Å². The zero-order chi connectivity index (χ0) is 30.6. The van der Waals surface area contributed by atoms with Crippen LogP contribution in [-0.4, -0.2) is 20.9 Å². The van der Waals surface area contributed by atoms with Crippen LogP contribution in [0.15, 0.2) is 114 Å². The third-order valence-electron chi connectivity index (χ3n) is 7.29. The number of benzene rings is 3. The van der Waals surface area contributed by atoms with Crippen LogP contribution in [-0.2, 0) is 11.2 Å². The first-order chi connectivity index (χ1) is 21.3. The average Bonchev–Trinajstić information content (AvgIpc) is 3.47. The largest absolute Gasteiger partial charge is 0.460 e. The molecule has 0 spiro atoms. The van der Waals surface area contributed by atoms with E-state index in [2.05, 4.69) is 9.97 Å². The Balaban J connectivity index is 1.27. The van der Waals surface area contributed by atoms with Crippen LogP contribution in [0.4, 0.5) is 14.6 Å². The Kier molecular flexibility index (Phi) is 8.08. The quantitative estimate of drug-likeness (QED) is 0.168. The van der Waals surface area contributed by atoms with Crippen molar-refractivity contribution in [3.63, 3.8) is 0 Å². The number of allylic oxidation sites excluding steroid dienone is 1. The minimum absolute atomic E-state index is 0.0613. The van der Waals surface area contributed by atoms with Crippen LogP contribution in [0.3, 0.4) is 0 Å². The van der Waals surface area contributed by atoms with Gasteiger partial charge in [-0.2, -0.15) is 0 Å². The molecular weight excluding hydrogens is 560 g/mol. The maximum absolute atomic E-state index is 13.8. The second kappa shape index (κ2) is 12.4. The predicted octanol–water partition coefficient (Wildman–Crippen LogP) is 7.71. The molecule has 6 aromatic rings. The molecule has 0 aliphatic carbocycles. The summed E-state index contributed by atoms with van der Waals surface area (Å²) >= 11 is 0. The van der Waals surface area contributed by atoms with Gasteiger partial charge in [-0.15, -0.1) is 0 Å². The van der Waals surface area contributed by atoms with Gasteiger partial charge in [0.05, 0.1) is 5.69 Å². The van der Waals surface area contributed by atoms with E-state index in [0.717, 1.165) is 27.6 Å². The Hall–Kier alpha value is -5.47. The van der Waals surface area contributed by atoms with Crippen molar-refractivity contribution in [3.8, 4) is 22.4 Å². The standard InChI is InChI=1S/C36H27F2N3O3/c37-28-8-3-23(4-9-28)32-19-26(33-15-7-25(21-40-33)35(43)24-5-10-29(38)11-6-24)17-27-18-31(44-36(27)32)14-13-30(42)12-1-22-2-16-34(39)41-20-22/h1-12,15-21,35,43H,13-14H2,(H2,39,41)/b12-1+. The number of pyridine rings is 2. The van der Waals surface area contributed by atoms with Crippen molar-refractivity contribution in [2.24, 2.45) is 0 Å². The molecule has 0 saturated heterocycles. The molecule has 3 aromatic heterocycles. The molecule has 218 valence electrons. The van der Waals surface area contributed by atoms with Crippen molar-refractivity contribution in [2.45, 2.75) is 18.9 Å². The lowest BCUT2D eigenvalue weighted by Gasteiger charge is -2.12. The van der Waals surface area contributed by atoms with E-state index < -0.39 is 6.10 Å². The highest BCUT2D eigenvalue weighted by molar-refractivity contribution is 5.97. The van der Waals surface area contributed by atoms with E-state index in [-0.39, 0.29) is 23.8 Å². The SMILES string of the molecule is Nc1ccc(/C=C/C(=O)CCc2cc3cc(-c4ccc(C(O)c5ccc(F)cc5)cn4)cc(-c4ccc(F)cc4)c3o2)cn1. The Labute approximate surface area is 252 Å². The minimum Gasteiger partial charge on any atom is -0.460 e. The van der Waals surface area contributed by atoms with Crippen LogP contribution in [0.2, 0.25) is 0 Å². The summed E-state index contributed by atoms with van der Waals surface area (Å²) in [6, 6.07) is 24.7. The number of nitrogens with two attached hydrogens (primary N) is 1. The highest BCUT2D eigenvalue weighted by atomic mass is 19.1. The van der Waals surface area contributed by atoms with Gasteiger partial charge >= 0.3 is 0 Å². The molecule has 0 saturated carbocycles. The molecule has 3 aromatic carbocycles. The molecule has 1 atom stereocenters. The summed E-state index contributed by atoms with van der Waals surface area (Å²) in [5.74, 6) is 0.269. The highest BCUT2D eigenvalue weighted by Gasteiger charge is 2.16. The van der Waals surface area contributed by atoms with Crippen LogP contribution >= 0.6 is 0 Å². The second-order valence-corrected chi connectivity index (χ2v) is 10.4. The molecule has 0 fully saturated rings. The molecule has 0 bridgehead atoms. The monoisotopic (exact) mass is 587 g/mol. The van der Waals surface area contributed by atoms with Crippen molar-refractivity contribution in [1.82, 2.24) is 9.97 Å². The number of hydrogen-bond acceptors (Lipinski definition) is 6. The lowest BCUT2D eigenvalue weighted by molar-refractivity contribution is -0.114. The molecule has 0 radical (unpaired) electrons. The van der Waals surface area contributed by atoms with Crippen LogP contribution in [0.5, 0.6) is 0 Å². The lowest BCUT2D eigenvalue weighted by atomic mass is 9.98. The Morgan fingerprint density at radius 1 is 0.841 bits per heavy atom. The Bertz CT molecular complexity index is 1950. The van der Waals surface area contributed by atoms with Gasteiger partial charge in [-0.3, -0.25) is 9.78 Å². The number of aliphatic hydroxyl groups is 1. The van der Waals surface area contributed by atoms with Gasteiger partial charge in [0.15, 0.2) is 5.78 Å². The zero-order valence-electron chi connectivity index (χ0n) is 23.5. The van der Waals surface area contributed by atoms with E-state index in [9.17, 15) is 18.7 Å². The number of ketones is 1. The summed E-state index contributed by atoms with van der Waals surface area (Å²) < 4.78 is 33.3. The number of aliphatic hydroxyl groups excluding tert-OH is 1. The Morgan fingerprint density at radius 3 is 2.25 bits per heavy atom. The van der Waals surface area contributed by atoms with Gasteiger partial charge in [-0.1, -0.05) is 30.3 Å². The van der Waals surface area contributed by atoms with Crippen molar-refractivity contribution in [2.75, 3.05) is 5.73 Å². The third-order valence-corrected chi connectivity index (χ3v) is 7.29. The molecular formula is C36H27F2N3O3. The normalized spacial score (nSPS) is 12.2. The van der Waals surface area contributed by atoms with E-state index in [1.165, 1.54) is 42.5 Å². The third kappa shape index (κ3) is 6.45. The number of anilines is 1. The molecule has 0 aliphatic heterocycles. The predicted molar refractivity (Wildman–Crippen MR) is 166 cm³/mol. The fraction of sp³-hybridized carbons (Fsp3) is 0.0833. The lowest BCUT2D eigenvalue weighted by Crippen LogP contribution is -2.00. The number of furan rings is 1. The topological polar surface area (TPSA) is 102 Å². The molecule has 0 aliphatic rings. The van der Waals surface area contributed by atoms with Gasteiger partial charge in [0, 0.05) is 47.3 Å². The van der Waals surface area contributed by atoms with Crippen molar-refractivity contribution in [1.29, 1.82) is 0 Å². The van der Waals surface area contributed by atoms with Crippen LogP contribution in [0, 0.1) is 11.6 Å². The first-order valence-electron chi connectivity index (χ1n) is 14.0. The Morgan fingerprint density at radius 2 is 1.57 bits per heavy atom. The zero-order valence-corrected chi connectivity index (χ0v) is 23.5. The molecule has 3 heterocycles. The summed E-state index contributed by atoms with van der Waals surface area (Å²) in [6.45, 7) is 0. The summed E-state index contributed by atoms with van der Waals surface area (Å²) in [5, 5.41) is 11.6. The molecule has 8 heteroatoms. The van der Waals surface area contributed by atoms with Gasteiger partial charge in [-0.25, -0.2) is 13.8 Å². The number of hydrogen-bond donors (Lipinski definition) is 2. The van der Waals surface area contributed by atoms with Crippen molar-refractivity contribution in [3.05, 3.63) is 144 Å². The maximum Gasteiger partial charge on any atom is 0.156 e. The fourth-order valence-corrected chi connectivity index (χ4v) is 4.93. The maximum atomic E-state index is 13.8. The summed E-state index contributed by atoms with van der Waals surface area (Å²) in [5.41, 5.74) is 11.1. The second-order valence-electron chi connectivity index (χ2n) is 10.4. The number of carbonyl (C=O) groups excluding carboxylic acids is 1. The van der Waals surface area contributed by atoms with E-state index in [0.29, 0.717) is 40.4 Å². The number of fused-ring (bicyclic) bond motifs is 1. The highest BCUT2D eigenvalue weighted by Crippen LogP contribution is 2.36. The average molecular weight is 588 g/mol. The number of rotatable bonds is 9. The summed E-state index contributed by atoms with van der Waals surface area (Å²) in [7, 11) is 0. The molecule has 44 heavy (non-hydrogen) atoms. The number of nitrogens with zero attached hydrogens (tertiary/aromatic N) is 2. The first kappa shape index (κ1) is 28.6. The molecule has 6 nitrogen and oxygen atoms in total. The van der Waals surface area contributed by atoms with Gasteiger partial charge in [0.25, 0.3) is 0 Å². The molecule has 3 N–H and O–H groups in total. The van der Waals surface area contributed by atoms with Gasteiger partial charge in [0.1, 0.15) is 34.9 Å². The minimum atomic E-state index is -0.952. The number of aromatic nitrogens is 2. The first-order valence-corrected chi connectivity index (χ1v) is 14.0.